The number of hydrogen-bond donors (Lipinski definition) is 0. The van der Waals surface area contributed by atoms with Crippen LogP contribution in [0.15, 0.2) is 48.8 Å². The average Bonchev–Trinajstić information content (AvgIpc) is 2.41. The second-order valence-corrected chi connectivity index (χ2v) is 5.04. The average molecular weight is 239 g/mol. The summed E-state index contributed by atoms with van der Waals surface area (Å²) in [7, 11) is 0. The maximum Gasteiger partial charge on any atom is 0.0346 e. The van der Waals surface area contributed by atoms with Gasteiger partial charge in [0.15, 0.2) is 0 Å². The van der Waals surface area contributed by atoms with Gasteiger partial charge in [-0.3, -0.25) is 4.98 Å². The Kier molecular flexibility index (Phi) is 4.52. The van der Waals surface area contributed by atoms with Crippen LogP contribution in [-0.4, -0.2) is 4.98 Å². The first-order valence-corrected chi connectivity index (χ1v) is 6.79. The number of hydrogen-bond acceptors (Lipinski definition) is 1. The summed E-state index contributed by atoms with van der Waals surface area (Å²) in [6.07, 6.45) is 7.49. The minimum Gasteiger partial charge on any atom is -0.264 e. The molecule has 0 radical (unpaired) electrons. The van der Waals surface area contributed by atoms with Gasteiger partial charge in [-0.2, -0.15) is 0 Å². The van der Waals surface area contributed by atoms with E-state index in [-0.39, 0.29) is 0 Å². The van der Waals surface area contributed by atoms with Gasteiger partial charge in [0.05, 0.1) is 0 Å². The Hall–Kier alpha value is -1.63. The number of benzene rings is 1. The summed E-state index contributed by atoms with van der Waals surface area (Å²) in [5.41, 5.74) is 3.87. The Labute approximate surface area is 110 Å². The van der Waals surface area contributed by atoms with E-state index in [0.717, 1.165) is 5.92 Å². The second-order valence-electron chi connectivity index (χ2n) is 5.04. The van der Waals surface area contributed by atoms with E-state index in [1.807, 2.05) is 18.5 Å². The van der Waals surface area contributed by atoms with Crippen molar-refractivity contribution in [3.05, 3.63) is 54.4 Å². The molecule has 0 saturated heterocycles. The minimum absolute atomic E-state index is 0.777. The molecule has 0 amide bonds. The highest BCUT2D eigenvalue weighted by Gasteiger charge is 2.03. The summed E-state index contributed by atoms with van der Waals surface area (Å²) < 4.78 is 0. The molecule has 2 aromatic rings. The number of aromatic nitrogens is 1. The first-order valence-electron chi connectivity index (χ1n) is 6.79. The fourth-order valence-corrected chi connectivity index (χ4v) is 2.36. The summed E-state index contributed by atoms with van der Waals surface area (Å²) in [6, 6.07) is 13.0. The van der Waals surface area contributed by atoms with E-state index in [2.05, 4.69) is 49.2 Å². The fourth-order valence-electron chi connectivity index (χ4n) is 2.36. The Morgan fingerprint density at radius 3 is 2.44 bits per heavy atom. The topological polar surface area (TPSA) is 12.9 Å². The van der Waals surface area contributed by atoms with Crippen LogP contribution in [0.3, 0.4) is 0 Å². The van der Waals surface area contributed by atoms with Gasteiger partial charge in [-0.25, -0.2) is 0 Å². The normalized spacial score (nSPS) is 12.3. The third kappa shape index (κ3) is 3.43. The summed E-state index contributed by atoms with van der Waals surface area (Å²) in [6.45, 7) is 4.58. The molecule has 0 aliphatic rings. The van der Waals surface area contributed by atoms with Crippen LogP contribution in [0.1, 0.15) is 32.3 Å². The van der Waals surface area contributed by atoms with E-state index in [1.54, 1.807) is 0 Å². The van der Waals surface area contributed by atoms with Crippen molar-refractivity contribution < 1.29 is 0 Å². The molecule has 18 heavy (non-hydrogen) atoms. The summed E-state index contributed by atoms with van der Waals surface area (Å²) >= 11 is 0. The van der Waals surface area contributed by atoms with E-state index in [9.17, 15) is 0 Å². The molecular weight excluding hydrogens is 218 g/mol. The van der Waals surface area contributed by atoms with Crippen molar-refractivity contribution in [2.45, 2.75) is 33.1 Å². The van der Waals surface area contributed by atoms with Crippen LogP contribution in [0.5, 0.6) is 0 Å². The maximum absolute atomic E-state index is 4.16. The highest BCUT2D eigenvalue weighted by Crippen LogP contribution is 2.20. The predicted molar refractivity (Wildman–Crippen MR) is 77.4 cm³/mol. The van der Waals surface area contributed by atoms with Gasteiger partial charge in [-0.1, -0.05) is 57.0 Å². The lowest BCUT2D eigenvalue weighted by atomic mass is 9.95. The van der Waals surface area contributed by atoms with Gasteiger partial charge in [-0.05, 0) is 35.1 Å². The van der Waals surface area contributed by atoms with Crippen molar-refractivity contribution in [3.63, 3.8) is 0 Å². The van der Waals surface area contributed by atoms with Crippen LogP contribution in [0.4, 0.5) is 0 Å². The third-order valence-electron chi connectivity index (χ3n) is 3.31. The summed E-state index contributed by atoms with van der Waals surface area (Å²) in [5.74, 6) is 0.777. The highest BCUT2D eigenvalue weighted by atomic mass is 14.6. The smallest absolute Gasteiger partial charge is 0.0346 e. The minimum atomic E-state index is 0.777. The van der Waals surface area contributed by atoms with Gasteiger partial charge < -0.3 is 0 Å². The van der Waals surface area contributed by atoms with E-state index in [4.69, 9.17) is 0 Å². The van der Waals surface area contributed by atoms with Gasteiger partial charge in [0.2, 0.25) is 0 Å². The Bertz CT molecular complexity index is 459. The monoisotopic (exact) mass is 239 g/mol. The highest BCUT2D eigenvalue weighted by molar-refractivity contribution is 5.62. The molecule has 2 rings (SSSR count). The van der Waals surface area contributed by atoms with Crippen LogP contribution < -0.4 is 0 Å². The molecule has 0 saturated carbocycles. The quantitative estimate of drug-likeness (QED) is 0.735. The van der Waals surface area contributed by atoms with Crippen molar-refractivity contribution in [1.82, 2.24) is 4.98 Å². The van der Waals surface area contributed by atoms with Gasteiger partial charge in [0, 0.05) is 12.4 Å². The molecule has 1 atom stereocenters. The van der Waals surface area contributed by atoms with Crippen molar-refractivity contribution in [2.24, 2.45) is 5.92 Å². The van der Waals surface area contributed by atoms with Crippen LogP contribution in [-0.2, 0) is 6.42 Å². The Morgan fingerprint density at radius 1 is 1.06 bits per heavy atom. The van der Waals surface area contributed by atoms with Gasteiger partial charge in [0.1, 0.15) is 0 Å². The molecule has 1 aromatic heterocycles. The molecule has 1 aromatic carbocycles. The second kappa shape index (κ2) is 6.34. The Morgan fingerprint density at radius 2 is 1.83 bits per heavy atom. The molecular formula is C17H21N. The van der Waals surface area contributed by atoms with Crippen LogP contribution in [0.2, 0.25) is 0 Å². The molecule has 0 aliphatic heterocycles. The largest absolute Gasteiger partial charge is 0.264 e. The van der Waals surface area contributed by atoms with Crippen molar-refractivity contribution in [1.29, 1.82) is 0 Å². The zero-order valence-corrected chi connectivity index (χ0v) is 11.3. The van der Waals surface area contributed by atoms with E-state index in [1.165, 1.54) is 36.0 Å². The van der Waals surface area contributed by atoms with Gasteiger partial charge >= 0.3 is 0 Å². The standard InChI is InChI=1S/C17H21N/c1-3-5-14(2)12-15-7-9-16(10-8-15)17-6-4-11-18-13-17/h4,6-11,13-14H,3,5,12H2,1-2H3. The van der Waals surface area contributed by atoms with E-state index >= 15 is 0 Å². The Balaban J connectivity index is 2.06. The molecule has 1 unspecified atom stereocenters. The lowest BCUT2D eigenvalue weighted by Gasteiger charge is -2.10. The van der Waals surface area contributed by atoms with Crippen LogP contribution >= 0.6 is 0 Å². The maximum atomic E-state index is 4.16. The van der Waals surface area contributed by atoms with Crippen molar-refractivity contribution in [3.8, 4) is 11.1 Å². The van der Waals surface area contributed by atoms with E-state index < -0.39 is 0 Å². The molecule has 1 heterocycles. The number of rotatable bonds is 5. The first-order chi connectivity index (χ1) is 8.79. The van der Waals surface area contributed by atoms with Crippen molar-refractivity contribution in [2.75, 3.05) is 0 Å². The third-order valence-corrected chi connectivity index (χ3v) is 3.31. The molecule has 0 fully saturated rings. The summed E-state index contributed by atoms with van der Waals surface area (Å²) in [4.78, 5) is 4.16. The lowest BCUT2D eigenvalue weighted by Crippen LogP contribution is -1.98. The fraction of sp³-hybridized carbons (Fsp3) is 0.353. The molecule has 0 bridgehead atoms. The molecule has 0 spiro atoms. The molecule has 0 aliphatic carbocycles. The van der Waals surface area contributed by atoms with E-state index in [0.29, 0.717) is 0 Å². The lowest BCUT2D eigenvalue weighted by molar-refractivity contribution is 0.522. The first kappa shape index (κ1) is 12.8. The molecule has 94 valence electrons. The molecule has 1 nitrogen and oxygen atoms in total. The van der Waals surface area contributed by atoms with Crippen LogP contribution in [0, 0.1) is 5.92 Å². The number of pyridine rings is 1. The van der Waals surface area contributed by atoms with Crippen LogP contribution in [0.25, 0.3) is 11.1 Å². The zero-order valence-electron chi connectivity index (χ0n) is 11.3. The SMILES string of the molecule is CCCC(C)Cc1ccc(-c2cccnc2)cc1. The predicted octanol–water partition coefficient (Wildman–Crippen LogP) is 4.73. The van der Waals surface area contributed by atoms with Crippen molar-refractivity contribution >= 4 is 0 Å². The summed E-state index contributed by atoms with van der Waals surface area (Å²) in [5, 5.41) is 0. The zero-order chi connectivity index (χ0) is 12.8. The number of nitrogens with zero attached hydrogens (tertiary/aromatic N) is 1. The van der Waals surface area contributed by atoms with Gasteiger partial charge in [-0.15, -0.1) is 0 Å². The molecule has 1 heteroatoms. The molecule has 0 N–H and O–H groups in total. The van der Waals surface area contributed by atoms with Gasteiger partial charge in [0.25, 0.3) is 0 Å².